The van der Waals surface area contributed by atoms with Gasteiger partial charge in [-0.3, -0.25) is 9.59 Å². The van der Waals surface area contributed by atoms with Crippen LogP contribution in [0.3, 0.4) is 0 Å². The molecule has 0 aliphatic carbocycles. The van der Waals surface area contributed by atoms with Gasteiger partial charge in [-0.15, -0.1) is 0 Å². The number of fused-ring (bicyclic) bond motifs is 1. The Morgan fingerprint density at radius 3 is 2.86 bits per heavy atom. The molecule has 2 amide bonds. The Balaban J connectivity index is 1.24. The van der Waals surface area contributed by atoms with E-state index in [1.165, 1.54) is 12.1 Å². The third-order valence-electron chi connectivity index (χ3n) is 6.70. The fourth-order valence-electron chi connectivity index (χ4n) is 5.27. The predicted octanol–water partition coefficient (Wildman–Crippen LogP) is 2.00. The van der Waals surface area contributed by atoms with E-state index in [0.717, 1.165) is 0 Å². The smallest absolute Gasteiger partial charge is 0.230 e. The lowest BCUT2D eigenvalue weighted by molar-refractivity contribution is -0.144. The molecule has 2 bridgehead atoms. The predicted molar refractivity (Wildman–Crippen MR) is 103 cm³/mol. The van der Waals surface area contributed by atoms with E-state index < -0.39 is 17.4 Å². The molecule has 29 heavy (non-hydrogen) atoms. The molecular formula is C22H25FN2O4. The minimum atomic E-state index is -0.628. The summed E-state index contributed by atoms with van der Waals surface area (Å²) in [5.41, 5.74) is -0.628. The van der Waals surface area contributed by atoms with E-state index >= 15 is 0 Å². The van der Waals surface area contributed by atoms with E-state index in [2.05, 4.69) is 0 Å². The lowest BCUT2D eigenvalue weighted by Crippen LogP contribution is -2.49. The molecule has 3 saturated heterocycles. The van der Waals surface area contributed by atoms with Gasteiger partial charge < -0.3 is 19.3 Å². The SMILES string of the molecule is CCN1C[C@@]23C=C[C@@H](O2)[C@H](C(=O)N2CCC(Oc4cccc(F)c4)CC2)[C@H]3C1=O. The summed E-state index contributed by atoms with van der Waals surface area (Å²) in [6, 6.07) is 6.13. The van der Waals surface area contributed by atoms with Gasteiger partial charge in [0.1, 0.15) is 23.3 Å². The summed E-state index contributed by atoms with van der Waals surface area (Å²) >= 11 is 0. The van der Waals surface area contributed by atoms with Crippen LogP contribution in [0.1, 0.15) is 19.8 Å². The summed E-state index contributed by atoms with van der Waals surface area (Å²) in [7, 11) is 0. The molecule has 4 heterocycles. The van der Waals surface area contributed by atoms with Gasteiger partial charge in [0.25, 0.3) is 0 Å². The zero-order chi connectivity index (χ0) is 20.2. The van der Waals surface area contributed by atoms with Crippen LogP contribution in [0.5, 0.6) is 5.75 Å². The van der Waals surface area contributed by atoms with Crippen LogP contribution in [0.4, 0.5) is 4.39 Å². The maximum Gasteiger partial charge on any atom is 0.230 e. The Kier molecular flexibility index (Phi) is 4.38. The molecule has 5 rings (SSSR count). The third-order valence-corrected chi connectivity index (χ3v) is 6.70. The number of ether oxygens (including phenoxy) is 2. The maximum absolute atomic E-state index is 13.3. The molecular weight excluding hydrogens is 375 g/mol. The zero-order valence-electron chi connectivity index (χ0n) is 16.4. The van der Waals surface area contributed by atoms with Crippen molar-refractivity contribution in [2.75, 3.05) is 26.2 Å². The Morgan fingerprint density at radius 1 is 1.34 bits per heavy atom. The molecule has 4 aliphatic rings. The van der Waals surface area contributed by atoms with Gasteiger partial charge in [-0.2, -0.15) is 0 Å². The van der Waals surface area contributed by atoms with Crippen LogP contribution in [0.25, 0.3) is 0 Å². The average molecular weight is 400 g/mol. The van der Waals surface area contributed by atoms with Crippen molar-refractivity contribution in [1.82, 2.24) is 9.80 Å². The molecule has 0 unspecified atom stereocenters. The maximum atomic E-state index is 13.3. The van der Waals surface area contributed by atoms with Gasteiger partial charge in [-0.05, 0) is 19.1 Å². The number of piperidine rings is 1. The van der Waals surface area contributed by atoms with Crippen molar-refractivity contribution in [3.63, 3.8) is 0 Å². The molecule has 0 aromatic heterocycles. The second-order valence-corrected chi connectivity index (χ2v) is 8.35. The van der Waals surface area contributed by atoms with E-state index in [1.807, 2.05) is 24.0 Å². The number of benzene rings is 1. The summed E-state index contributed by atoms with van der Waals surface area (Å²) in [6.45, 7) is 4.25. The van der Waals surface area contributed by atoms with Crippen LogP contribution in [0.2, 0.25) is 0 Å². The summed E-state index contributed by atoms with van der Waals surface area (Å²) < 4.78 is 25.4. The zero-order valence-corrected chi connectivity index (χ0v) is 16.4. The average Bonchev–Trinajstić information content (AvgIpc) is 3.36. The topological polar surface area (TPSA) is 59.1 Å². The Bertz CT molecular complexity index is 866. The van der Waals surface area contributed by atoms with Gasteiger partial charge >= 0.3 is 0 Å². The molecule has 1 spiro atoms. The van der Waals surface area contributed by atoms with Crippen molar-refractivity contribution in [3.05, 3.63) is 42.2 Å². The van der Waals surface area contributed by atoms with Gasteiger partial charge in [-0.1, -0.05) is 18.2 Å². The molecule has 0 N–H and O–H groups in total. The first-order valence-electron chi connectivity index (χ1n) is 10.4. The highest BCUT2D eigenvalue weighted by Gasteiger charge is 2.67. The van der Waals surface area contributed by atoms with Crippen LogP contribution in [-0.4, -0.2) is 65.6 Å². The number of hydrogen-bond donors (Lipinski definition) is 0. The van der Waals surface area contributed by atoms with Crippen molar-refractivity contribution in [1.29, 1.82) is 0 Å². The van der Waals surface area contributed by atoms with Gasteiger partial charge in [0, 0.05) is 38.5 Å². The van der Waals surface area contributed by atoms with Crippen LogP contribution < -0.4 is 4.74 Å². The van der Waals surface area contributed by atoms with Crippen LogP contribution in [0.15, 0.2) is 36.4 Å². The first-order chi connectivity index (χ1) is 14.0. The fourth-order valence-corrected chi connectivity index (χ4v) is 5.27. The van der Waals surface area contributed by atoms with E-state index in [1.54, 1.807) is 17.0 Å². The lowest BCUT2D eigenvalue weighted by Gasteiger charge is -2.35. The molecule has 7 heteroatoms. The van der Waals surface area contributed by atoms with E-state index in [-0.39, 0.29) is 29.8 Å². The largest absolute Gasteiger partial charge is 0.490 e. The van der Waals surface area contributed by atoms with E-state index in [9.17, 15) is 14.0 Å². The van der Waals surface area contributed by atoms with E-state index in [0.29, 0.717) is 44.8 Å². The summed E-state index contributed by atoms with van der Waals surface area (Å²) in [6.07, 6.45) is 4.94. The number of hydrogen-bond acceptors (Lipinski definition) is 4. The molecule has 6 nitrogen and oxygen atoms in total. The second kappa shape index (κ2) is 6.83. The van der Waals surface area contributed by atoms with Gasteiger partial charge in [0.05, 0.1) is 24.5 Å². The first-order valence-corrected chi connectivity index (χ1v) is 10.4. The highest BCUT2D eigenvalue weighted by molar-refractivity contribution is 5.93. The third kappa shape index (κ3) is 2.94. The molecule has 0 saturated carbocycles. The Labute approximate surface area is 169 Å². The second-order valence-electron chi connectivity index (χ2n) is 8.35. The molecule has 4 aliphatic heterocycles. The van der Waals surface area contributed by atoms with Crippen molar-refractivity contribution in [3.8, 4) is 5.75 Å². The molecule has 1 aromatic rings. The number of likely N-dealkylation sites (tertiary alicyclic amines) is 2. The summed E-state index contributed by atoms with van der Waals surface area (Å²) in [5.74, 6) is -0.630. The highest BCUT2D eigenvalue weighted by Crippen LogP contribution is 2.52. The van der Waals surface area contributed by atoms with Crippen molar-refractivity contribution < 1.29 is 23.5 Å². The monoisotopic (exact) mass is 400 g/mol. The highest BCUT2D eigenvalue weighted by atomic mass is 19.1. The van der Waals surface area contributed by atoms with Crippen LogP contribution in [-0.2, 0) is 14.3 Å². The number of halogens is 1. The minimum Gasteiger partial charge on any atom is -0.490 e. The quantitative estimate of drug-likeness (QED) is 0.726. The summed E-state index contributed by atoms with van der Waals surface area (Å²) in [4.78, 5) is 29.8. The number of nitrogens with zero attached hydrogens (tertiary/aromatic N) is 2. The standard InChI is InChI=1S/C22H25FN2O4/c1-2-24-13-22-9-6-17(29-22)18(19(22)21(24)27)20(26)25-10-7-15(8-11-25)28-16-5-3-4-14(23)12-16/h3-6,9,12,15,17-19H,2,7-8,10-11,13H2,1H3/t17-,18+,19+,22-/m1/s1. The normalized spacial score (nSPS) is 33.4. The summed E-state index contributed by atoms with van der Waals surface area (Å²) in [5, 5.41) is 0. The van der Waals surface area contributed by atoms with Crippen LogP contribution in [0, 0.1) is 17.7 Å². The first kappa shape index (κ1) is 18.6. The molecule has 1 aromatic carbocycles. The van der Waals surface area contributed by atoms with Gasteiger partial charge in [0.15, 0.2) is 0 Å². The molecule has 4 atom stereocenters. The van der Waals surface area contributed by atoms with E-state index in [4.69, 9.17) is 9.47 Å². The number of likely N-dealkylation sites (N-methyl/N-ethyl adjacent to an activating group) is 1. The Hall–Kier alpha value is -2.41. The lowest BCUT2D eigenvalue weighted by atomic mass is 9.76. The van der Waals surface area contributed by atoms with Gasteiger partial charge in [0.2, 0.25) is 11.8 Å². The minimum absolute atomic E-state index is 0.00161. The van der Waals surface area contributed by atoms with Crippen LogP contribution >= 0.6 is 0 Å². The van der Waals surface area contributed by atoms with Gasteiger partial charge in [-0.25, -0.2) is 4.39 Å². The molecule has 0 radical (unpaired) electrons. The number of carbonyl (C=O) groups is 2. The fraction of sp³-hybridized carbons (Fsp3) is 0.545. The van der Waals surface area contributed by atoms with Crippen molar-refractivity contribution >= 4 is 11.8 Å². The van der Waals surface area contributed by atoms with Crippen molar-refractivity contribution in [2.45, 2.75) is 37.6 Å². The van der Waals surface area contributed by atoms with Crippen molar-refractivity contribution in [2.24, 2.45) is 11.8 Å². The molecule has 154 valence electrons. The number of amides is 2. The number of carbonyl (C=O) groups excluding carboxylic acids is 2. The molecule has 3 fully saturated rings. The Morgan fingerprint density at radius 2 is 2.14 bits per heavy atom. The number of rotatable bonds is 4.